The zero-order valence-corrected chi connectivity index (χ0v) is 7.30. The zero-order valence-electron chi connectivity index (χ0n) is 7.30. The van der Waals surface area contributed by atoms with Gasteiger partial charge in [0.05, 0.1) is 0 Å². The maximum absolute atomic E-state index is 12.6. The van der Waals surface area contributed by atoms with Gasteiger partial charge in [0, 0.05) is 13.6 Å². The van der Waals surface area contributed by atoms with Crippen molar-refractivity contribution in [1.82, 2.24) is 10.6 Å². The van der Waals surface area contributed by atoms with Crippen LogP contribution in [0.5, 0.6) is 0 Å². The molecular weight excluding hydrogens is 171 g/mol. The van der Waals surface area contributed by atoms with E-state index in [2.05, 4.69) is 10.6 Å². The number of hydrogen-bond donors (Lipinski definition) is 2. The first kappa shape index (κ1) is 9.51. The minimum atomic E-state index is -0.295. The van der Waals surface area contributed by atoms with E-state index in [1.165, 1.54) is 19.2 Å². The summed E-state index contributed by atoms with van der Waals surface area (Å²) in [5.74, 6) is -0.295. The molecule has 1 aromatic carbocycles. The lowest BCUT2D eigenvalue weighted by atomic mass is 10.2. The van der Waals surface area contributed by atoms with Gasteiger partial charge in [-0.25, -0.2) is 9.18 Å². The van der Waals surface area contributed by atoms with Gasteiger partial charge < -0.3 is 10.6 Å². The molecule has 2 amide bonds. The lowest BCUT2D eigenvalue weighted by Crippen LogP contribution is -2.32. The third kappa shape index (κ3) is 3.11. The van der Waals surface area contributed by atoms with Crippen LogP contribution in [-0.4, -0.2) is 13.1 Å². The molecule has 0 bridgehead atoms. The van der Waals surface area contributed by atoms with Crippen LogP contribution in [0, 0.1) is 5.82 Å². The van der Waals surface area contributed by atoms with Crippen molar-refractivity contribution >= 4 is 6.03 Å². The lowest BCUT2D eigenvalue weighted by Gasteiger charge is -2.03. The molecule has 70 valence electrons. The first-order valence-electron chi connectivity index (χ1n) is 3.92. The lowest BCUT2D eigenvalue weighted by molar-refractivity contribution is 0.242. The van der Waals surface area contributed by atoms with Crippen LogP contribution in [0.1, 0.15) is 5.56 Å². The second-order valence-corrected chi connectivity index (χ2v) is 2.56. The summed E-state index contributed by atoms with van der Waals surface area (Å²) in [5.41, 5.74) is 0.739. The molecule has 2 N–H and O–H groups in total. The van der Waals surface area contributed by atoms with Crippen molar-refractivity contribution in [2.45, 2.75) is 6.54 Å². The highest BCUT2D eigenvalue weighted by Crippen LogP contribution is 2.02. The Labute approximate surface area is 76.0 Å². The standard InChI is InChI=1S/C9H11FN2O/c1-11-9(13)12-6-7-3-2-4-8(10)5-7/h2-5H,6H2,1H3,(H2,11,12,13). The molecule has 13 heavy (non-hydrogen) atoms. The fourth-order valence-electron chi connectivity index (χ4n) is 0.918. The molecule has 4 heteroatoms. The van der Waals surface area contributed by atoms with Gasteiger partial charge in [-0.3, -0.25) is 0 Å². The first-order valence-corrected chi connectivity index (χ1v) is 3.92. The number of amides is 2. The van der Waals surface area contributed by atoms with Crippen molar-refractivity contribution in [2.75, 3.05) is 7.05 Å². The van der Waals surface area contributed by atoms with Gasteiger partial charge in [-0.05, 0) is 17.7 Å². The summed E-state index contributed by atoms with van der Waals surface area (Å²) in [6, 6.07) is 5.83. The Bertz CT molecular complexity index is 301. The Kier molecular flexibility index (Phi) is 3.25. The Morgan fingerprint density at radius 2 is 2.31 bits per heavy atom. The number of carbonyl (C=O) groups is 1. The van der Waals surface area contributed by atoms with Crippen molar-refractivity contribution in [2.24, 2.45) is 0 Å². The normalized spacial score (nSPS) is 9.38. The average Bonchev–Trinajstić information content (AvgIpc) is 2.14. The summed E-state index contributed by atoms with van der Waals surface area (Å²) >= 11 is 0. The van der Waals surface area contributed by atoms with Crippen LogP contribution >= 0.6 is 0 Å². The van der Waals surface area contributed by atoms with Crippen molar-refractivity contribution in [1.29, 1.82) is 0 Å². The first-order chi connectivity index (χ1) is 6.22. The summed E-state index contributed by atoms with van der Waals surface area (Å²) in [7, 11) is 1.53. The van der Waals surface area contributed by atoms with E-state index in [1.54, 1.807) is 12.1 Å². The van der Waals surface area contributed by atoms with Crippen LogP contribution in [0.2, 0.25) is 0 Å². The SMILES string of the molecule is CNC(=O)NCc1cccc(F)c1. The van der Waals surface area contributed by atoms with Crippen LogP contribution in [0.4, 0.5) is 9.18 Å². The second kappa shape index (κ2) is 4.45. The summed E-state index contributed by atoms with van der Waals surface area (Å²) in [4.78, 5) is 10.8. The van der Waals surface area contributed by atoms with Crippen LogP contribution in [-0.2, 0) is 6.54 Å². The highest BCUT2D eigenvalue weighted by Gasteiger charge is 1.97. The second-order valence-electron chi connectivity index (χ2n) is 2.56. The summed E-state index contributed by atoms with van der Waals surface area (Å²) in [5, 5.41) is 4.97. The Morgan fingerprint density at radius 3 is 2.92 bits per heavy atom. The molecule has 0 aromatic heterocycles. The van der Waals surface area contributed by atoms with Crippen molar-refractivity contribution < 1.29 is 9.18 Å². The molecule has 0 spiro atoms. The van der Waals surface area contributed by atoms with Gasteiger partial charge in [0.1, 0.15) is 5.82 Å². The van der Waals surface area contributed by atoms with Crippen molar-refractivity contribution in [3.63, 3.8) is 0 Å². The van der Waals surface area contributed by atoms with Gasteiger partial charge in [-0.1, -0.05) is 12.1 Å². The molecule has 0 saturated carbocycles. The molecule has 0 fully saturated rings. The molecule has 0 heterocycles. The third-order valence-corrected chi connectivity index (χ3v) is 1.57. The van der Waals surface area contributed by atoms with Crippen LogP contribution < -0.4 is 10.6 Å². The Morgan fingerprint density at radius 1 is 1.54 bits per heavy atom. The predicted molar refractivity (Wildman–Crippen MR) is 47.7 cm³/mol. The molecule has 0 aliphatic heterocycles. The number of benzene rings is 1. The monoisotopic (exact) mass is 182 g/mol. The summed E-state index contributed by atoms with van der Waals surface area (Å²) in [6.07, 6.45) is 0. The fourth-order valence-corrected chi connectivity index (χ4v) is 0.918. The van der Waals surface area contributed by atoms with E-state index in [0.717, 1.165) is 5.56 Å². The molecule has 0 unspecified atom stereocenters. The molecule has 0 radical (unpaired) electrons. The fraction of sp³-hybridized carbons (Fsp3) is 0.222. The van der Waals surface area contributed by atoms with E-state index < -0.39 is 0 Å². The van der Waals surface area contributed by atoms with E-state index in [4.69, 9.17) is 0 Å². The number of nitrogens with one attached hydrogen (secondary N) is 2. The Balaban J connectivity index is 2.50. The van der Waals surface area contributed by atoms with Gasteiger partial charge in [-0.2, -0.15) is 0 Å². The summed E-state index contributed by atoms with van der Waals surface area (Å²) < 4.78 is 12.6. The molecule has 3 nitrogen and oxygen atoms in total. The minimum Gasteiger partial charge on any atom is -0.341 e. The van der Waals surface area contributed by atoms with Gasteiger partial charge in [0.25, 0.3) is 0 Å². The average molecular weight is 182 g/mol. The molecule has 1 aromatic rings. The molecule has 1 rings (SSSR count). The molecule has 0 aliphatic rings. The van der Waals surface area contributed by atoms with E-state index in [1.807, 2.05) is 0 Å². The van der Waals surface area contributed by atoms with E-state index in [9.17, 15) is 9.18 Å². The van der Waals surface area contributed by atoms with E-state index in [0.29, 0.717) is 6.54 Å². The van der Waals surface area contributed by atoms with E-state index >= 15 is 0 Å². The van der Waals surface area contributed by atoms with Gasteiger partial charge in [0.15, 0.2) is 0 Å². The number of carbonyl (C=O) groups excluding carboxylic acids is 1. The summed E-state index contributed by atoms with van der Waals surface area (Å²) in [6.45, 7) is 0.331. The number of rotatable bonds is 2. The smallest absolute Gasteiger partial charge is 0.314 e. The van der Waals surface area contributed by atoms with Crippen LogP contribution in [0.15, 0.2) is 24.3 Å². The zero-order chi connectivity index (χ0) is 9.68. The van der Waals surface area contributed by atoms with Crippen LogP contribution in [0.3, 0.4) is 0 Å². The topological polar surface area (TPSA) is 41.1 Å². The van der Waals surface area contributed by atoms with Gasteiger partial charge >= 0.3 is 6.03 Å². The third-order valence-electron chi connectivity index (χ3n) is 1.57. The predicted octanol–water partition coefficient (Wildman–Crippen LogP) is 1.25. The molecular formula is C9H11FN2O. The van der Waals surface area contributed by atoms with Gasteiger partial charge in [0.2, 0.25) is 0 Å². The van der Waals surface area contributed by atoms with Gasteiger partial charge in [-0.15, -0.1) is 0 Å². The number of halogens is 1. The Hall–Kier alpha value is -1.58. The largest absolute Gasteiger partial charge is 0.341 e. The molecule has 0 saturated heterocycles. The van der Waals surface area contributed by atoms with Crippen molar-refractivity contribution in [3.8, 4) is 0 Å². The molecule has 0 atom stereocenters. The quantitative estimate of drug-likeness (QED) is 0.710. The number of urea groups is 1. The maximum Gasteiger partial charge on any atom is 0.314 e. The highest BCUT2D eigenvalue weighted by molar-refractivity contribution is 5.73. The molecule has 0 aliphatic carbocycles. The highest BCUT2D eigenvalue weighted by atomic mass is 19.1. The minimum absolute atomic E-state index is 0.274. The van der Waals surface area contributed by atoms with Crippen LogP contribution in [0.25, 0.3) is 0 Å². The van der Waals surface area contributed by atoms with Crippen molar-refractivity contribution in [3.05, 3.63) is 35.6 Å². The number of hydrogen-bond acceptors (Lipinski definition) is 1. The maximum atomic E-state index is 12.6. The van der Waals surface area contributed by atoms with E-state index in [-0.39, 0.29) is 11.8 Å².